The van der Waals surface area contributed by atoms with E-state index in [0.29, 0.717) is 15.8 Å². The Hall–Kier alpha value is -2.98. The van der Waals surface area contributed by atoms with Crippen LogP contribution in [0.5, 0.6) is 0 Å². The fourth-order valence-electron chi connectivity index (χ4n) is 3.56. The van der Waals surface area contributed by atoms with E-state index in [0.717, 1.165) is 31.3 Å². The Morgan fingerprint density at radius 1 is 1.06 bits per heavy atom. The third-order valence-corrected chi connectivity index (χ3v) is 8.89. The molecule has 0 fully saturated rings. The Morgan fingerprint density at radius 3 is 2.51 bits per heavy atom. The Kier molecular flexibility index (Phi) is 7.14. The minimum Gasteiger partial charge on any atom is -0.324 e. The Balaban J connectivity index is 1.69. The number of rotatable bonds is 7. The van der Waals surface area contributed by atoms with E-state index in [2.05, 4.69) is 5.32 Å². The Morgan fingerprint density at radius 2 is 1.80 bits per heavy atom. The maximum Gasteiger partial charge on any atom is 0.244 e. The summed E-state index contributed by atoms with van der Waals surface area (Å²) in [4.78, 5) is 19.9. The highest BCUT2D eigenvalue weighted by Crippen LogP contribution is 2.36. The summed E-state index contributed by atoms with van der Waals surface area (Å²) >= 11 is 7.87. The molecule has 1 N–H and O–H groups in total. The number of sulfonamides is 1. The van der Waals surface area contributed by atoms with Crippen molar-refractivity contribution in [2.75, 3.05) is 30.9 Å². The molecule has 0 saturated heterocycles. The van der Waals surface area contributed by atoms with Crippen molar-refractivity contribution in [2.45, 2.75) is 18.7 Å². The lowest BCUT2D eigenvalue weighted by atomic mass is 10.1. The number of hydrogen-bond acceptors (Lipinski definition) is 6. The van der Waals surface area contributed by atoms with Gasteiger partial charge in [-0.05, 0) is 61.4 Å². The van der Waals surface area contributed by atoms with E-state index in [1.807, 2.05) is 55.1 Å². The third-order valence-electron chi connectivity index (χ3n) is 5.61. The van der Waals surface area contributed by atoms with Gasteiger partial charge in [-0.3, -0.25) is 4.79 Å². The second-order valence-electron chi connectivity index (χ2n) is 8.25. The molecule has 0 aliphatic heterocycles. The molecule has 0 saturated carbocycles. The largest absolute Gasteiger partial charge is 0.324 e. The van der Waals surface area contributed by atoms with Gasteiger partial charge in [-0.15, -0.1) is 0 Å². The van der Waals surface area contributed by atoms with Gasteiger partial charge in [0.2, 0.25) is 15.9 Å². The molecular formula is C25H25ClN4O3S2. The molecule has 1 aromatic heterocycles. The van der Waals surface area contributed by atoms with Crippen LogP contribution in [0, 0.1) is 13.8 Å². The molecule has 0 atom stereocenters. The lowest BCUT2D eigenvalue weighted by Crippen LogP contribution is -2.30. The van der Waals surface area contributed by atoms with Gasteiger partial charge in [-0.25, -0.2) is 17.7 Å². The van der Waals surface area contributed by atoms with Crippen LogP contribution < -0.4 is 10.2 Å². The van der Waals surface area contributed by atoms with Crippen LogP contribution in [0.1, 0.15) is 11.1 Å². The number of fused-ring (bicyclic) bond motifs is 1. The SMILES string of the molecule is Cc1ccc(S(=O)(=O)N(C)C)cc1NC(=O)CN(c1nc2ccccc2s1)c1cccc(Cl)c1C. The summed E-state index contributed by atoms with van der Waals surface area (Å²) in [5.74, 6) is -0.314. The van der Waals surface area contributed by atoms with Crippen molar-refractivity contribution >= 4 is 65.6 Å². The lowest BCUT2D eigenvalue weighted by molar-refractivity contribution is -0.114. The molecule has 0 bridgehead atoms. The highest BCUT2D eigenvalue weighted by molar-refractivity contribution is 7.89. The molecule has 0 unspecified atom stereocenters. The van der Waals surface area contributed by atoms with Gasteiger partial charge in [0, 0.05) is 30.5 Å². The van der Waals surface area contributed by atoms with Gasteiger partial charge in [0.1, 0.15) is 6.54 Å². The molecule has 7 nitrogen and oxygen atoms in total. The van der Waals surface area contributed by atoms with Gasteiger partial charge < -0.3 is 10.2 Å². The van der Waals surface area contributed by atoms with Gasteiger partial charge in [0.15, 0.2) is 5.13 Å². The van der Waals surface area contributed by atoms with Crippen molar-refractivity contribution in [3.8, 4) is 0 Å². The molecule has 4 aromatic rings. The van der Waals surface area contributed by atoms with Crippen LogP contribution in [0.25, 0.3) is 10.2 Å². The molecule has 4 rings (SSSR count). The predicted molar refractivity (Wildman–Crippen MR) is 143 cm³/mol. The number of thiazole rings is 1. The standard InChI is InChI=1S/C25H25ClN4O3S2/c1-16-12-13-18(35(32,33)29(3)4)14-21(16)27-24(31)15-30(22-10-7-8-19(26)17(22)2)25-28-20-9-5-6-11-23(20)34-25/h5-14H,15H2,1-4H3,(H,27,31). The first-order valence-corrected chi connectivity index (χ1v) is 13.4. The minimum atomic E-state index is -3.64. The summed E-state index contributed by atoms with van der Waals surface area (Å²) in [6, 6.07) is 18.0. The Bertz CT molecular complexity index is 1480. The molecule has 1 amide bonds. The molecule has 1 heterocycles. The van der Waals surface area contributed by atoms with Crippen molar-refractivity contribution in [3.63, 3.8) is 0 Å². The number of para-hydroxylation sites is 1. The number of carbonyl (C=O) groups excluding carboxylic acids is 1. The van der Waals surface area contributed by atoms with Crippen LogP contribution in [-0.2, 0) is 14.8 Å². The van der Waals surface area contributed by atoms with Crippen molar-refractivity contribution in [2.24, 2.45) is 0 Å². The second-order valence-corrected chi connectivity index (χ2v) is 11.8. The maximum atomic E-state index is 13.3. The number of nitrogens with one attached hydrogen (secondary N) is 1. The number of carbonyl (C=O) groups is 1. The van der Waals surface area contributed by atoms with E-state index in [9.17, 15) is 13.2 Å². The first kappa shape index (κ1) is 25.1. The molecule has 35 heavy (non-hydrogen) atoms. The zero-order chi connectivity index (χ0) is 25.3. The van der Waals surface area contributed by atoms with Crippen LogP contribution in [0.4, 0.5) is 16.5 Å². The topological polar surface area (TPSA) is 82.6 Å². The highest BCUT2D eigenvalue weighted by Gasteiger charge is 2.22. The number of aromatic nitrogens is 1. The van der Waals surface area contributed by atoms with Gasteiger partial charge >= 0.3 is 0 Å². The summed E-state index contributed by atoms with van der Waals surface area (Å²) < 4.78 is 27.3. The van der Waals surface area contributed by atoms with E-state index in [1.54, 1.807) is 12.1 Å². The summed E-state index contributed by atoms with van der Waals surface area (Å²) in [6.45, 7) is 3.68. The normalized spacial score (nSPS) is 11.7. The number of nitrogens with zero attached hydrogens (tertiary/aromatic N) is 3. The van der Waals surface area contributed by atoms with Crippen LogP contribution in [-0.4, -0.2) is 44.3 Å². The van der Waals surface area contributed by atoms with Crippen LogP contribution in [0.3, 0.4) is 0 Å². The minimum absolute atomic E-state index is 0.0366. The van der Waals surface area contributed by atoms with Crippen molar-refractivity contribution < 1.29 is 13.2 Å². The van der Waals surface area contributed by atoms with Crippen molar-refractivity contribution in [1.29, 1.82) is 0 Å². The molecule has 3 aromatic carbocycles. The van der Waals surface area contributed by atoms with Crippen LogP contribution in [0.2, 0.25) is 5.02 Å². The number of halogens is 1. The number of benzene rings is 3. The smallest absolute Gasteiger partial charge is 0.244 e. The molecule has 0 aliphatic rings. The molecule has 182 valence electrons. The maximum absolute atomic E-state index is 13.3. The molecule has 0 radical (unpaired) electrons. The number of amides is 1. The fraction of sp³-hybridized carbons (Fsp3) is 0.200. The van der Waals surface area contributed by atoms with E-state index in [-0.39, 0.29) is 17.3 Å². The predicted octanol–water partition coefficient (Wildman–Crippen LogP) is 5.59. The zero-order valence-corrected chi connectivity index (χ0v) is 22.1. The molecular weight excluding hydrogens is 504 g/mol. The van der Waals surface area contributed by atoms with Crippen LogP contribution >= 0.6 is 22.9 Å². The van der Waals surface area contributed by atoms with E-state index in [1.165, 1.54) is 37.6 Å². The van der Waals surface area contributed by atoms with Crippen LogP contribution in [0.15, 0.2) is 65.6 Å². The monoisotopic (exact) mass is 528 g/mol. The van der Waals surface area contributed by atoms with E-state index >= 15 is 0 Å². The highest BCUT2D eigenvalue weighted by atomic mass is 35.5. The molecule has 0 spiro atoms. The summed E-state index contributed by atoms with van der Waals surface area (Å²) in [5, 5.41) is 4.13. The summed E-state index contributed by atoms with van der Waals surface area (Å²) in [5.41, 5.74) is 3.63. The average molecular weight is 529 g/mol. The molecule has 10 heteroatoms. The van der Waals surface area contributed by atoms with Crippen molar-refractivity contribution in [1.82, 2.24) is 9.29 Å². The lowest BCUT2D eigenvalue weighted by Gasteiger charge is -2.24. The van der Waals surface area contributed by atoms with E-state index in [4.69, 9.17) is 16.6 Å². The summed E-state index contributed by atoms with van der Waals surface area (Å²) in [7, 11) is -0.700. The number of anilines is 3. The van der Waals surface area contributed by atoms with Crippen molar-refractivity contribution in [3.05, 3.63) is 76.8 Å². The third kappa shape index (κ3) is 5.18. The Labute approximate surface area is 214 Å². The second kappa shape index (κ2) is 9.94. The summed E-state index contributed by atoms with van der Waals surface area (Å²) in [6.07, 6.45) is 0. The first-order valence-electron chi connectivity index (χ1n) is 10.8. The van der Waals surface area contributed by atoms with Gasteiger partial charge in [-0.2, -0.15) is 0 Å². The van der Waals surface area contributed by atoms with E-state index < -0.39 is 10.0 Å². The first-order chi connectivity index (χ1) is 16.6. The number of hydrogen-bond donors (Lipinski definition) is 1. The zero-order valence-electron chi connectivity index (χ0n) is 19.7. The molecule has 0 aliphatic carbocycles. The quantitative estimate of drug-likeness (QED) is 0.338. The number of aryl methyl sites for hydroxylation is 1. The van der Waals surface area contributed by atoms with Gasteiger partial charge in [-0.1, -0.05) is 47.2 Å². The fourth-order valence-corrected chi connectivity index (χ4v) is 5.64. The average Bonchev–Trinajstić information content (AvgIpc) is 3.25. The van der Waals surface area contributed by atoms with Gasteiger partial charge in [0.05, 0.1) is 15.1 Å². The van der Waals surface area contributed by atoms with Gasteiger partial charge in [0.25, 0.3) is 0 Å².